The number of rotatable bonds is 5. The molecule has 0 aromatic heterocycles. The lowest BCUT2D eigenvalue weighted by molar-refractivity contribution is -0.106. The van der Waals surface area contributed by atoms with Crippen LogP contribution in [0.2, 0.25) is 5.02 Å². The van der Waals surface area contributed by atoms with Crippen LogP contribution in [0.15, 0.2) is 48.5 Å². The average Bonchev–Trinajstić information content (AvgIpc) is 2.63. The van der Waals surface area contributed by atoms with E-state index in [4.69, 9.17) is 21.1 Å². The molecule has 3 aromatic carbocycles. The molecule has 3 aromatic rings. The van der Waals surface area contributed by atoms with Gasteiger partial charge in [-0.2, -0.15) is 0 Å². The normalized spacial score (nSPS) is 10.5. The molecule has 0 saturated heterocycles. The number of methoxy groups -OCH3 is 2. The van der Waals surface area contributed by atoms with Gasteiger partial charge in [-0.15, -0.1) is 0 Å². The summed E-state index contributed by atoms with van der Waals surface area (Å²) in [5, 5.41) is 12.5. The van der Waals surface area contributed by atoms with Crippen molar-refractivity contribution in [2.45, 2.75) is 0 Å². The SMILES string of the molecule is COc1cc(N(C=O)c2cc3ccccc3cc2O)c(OC)cc1Cl. The van der Waals surface area contributed by atoms with Crippen LogP contribution in [0.4, 0.5) is 11.4 Å². The van der Waals surface area contributed by atoms with Crippen LogP contribution >= 0.6 is 11.6 Å². The minimum Gasteiger partial charge on any atom is -0.506 e. The van der Waals surface area contributed by atoms with Gasteiger partial charge < -0.3 is 14.6 Å². The predicted molar refractivity (Wildman–Crippen MR) is 98.4 cm³/mol. The summed E-state index contributed by atoms with van der Waals surface area (Å²) in [5.41, 5.74) is 0.737. The Bertz CT molecular complexity index is 942. The Balaban J connectivity index is 2.21. The number of hydrogen-bond donors (Lipinski definition) is 1. The van der Waals surface area contributed by atoms with Crippen LogP contribution in [0, 0.1) is 0 Å². The number of benzene rings is 3. The Kier molecular flexibility index (Phi) is 4.67. The fraction of sp³-hybridized carbons (Fsp3) is 0.105. The molecular weight excluding hydrogens is 342 g/mol. The number of carbonyl (C=O) groups excluding carboxylic acids is 1. The van der Waals surface area contributed by atoms with Crippen molar-refractivity contribution < 1.29 is 19.4 Å². The summed E-state index contributed by atoms with van der Waals surface area (Å²) in [6.07, 6.45) is 0.606. The highest BCUT2D eigenvalue weighted by molar-refractivity contribution is 6.32. The second kappa shape index (κ2) is 6.91. The third-order valence-electron chi connectivity index (χ3n) is 3.92. The number of aromatic hydroxyl groups is 1. The quantitative estimate of drug-likeness (QED) is 0.682. The molecule has 1 amide bonds. The van der Waals surface area contributed by atoms with Gasteiger partial charge in [0.15, 0.2) is 0 Å². The number of ether oxygens (including phenoxy) is 2. The van der Waals surface area contributed by atoms with E-state index < -0.39 is 0 Å². The van der Waals surface area contributed by atoms with Gasteiger partial charge in [0.1, 0.15) is 17.2 Å². The molecule has 0 unspecified atom stereocenters. The van der Waals surface area contributed by atoms with Gasteiger partial charge in [-0.05, 0) is 22.9 Å². The first-order valence-corrected chi connectivity index (χ1v) is 7.84. The summed E-state index contributed by atoms with van der Waals surface area (Å²) in [6.45, 7) is 0. The highest BCUT2D eigenvalue weighted by atomic mass is 35.5. The van der Waals surface area contributed by atoms with E-state index in [0.717, 1.165) is 10.8 Å². The zero-order valence-corrected chi connectivity index (χ0v) is 14.4. The lowest BCUT2D eigenvalue weighted by Gasteiger charge is -2.22. The van der Waals surface area contributed by atoms with E-state index >= 15 is 0 Å². The maximum Gasteiger partial charge on any atom is 0.218 e. The lowest BCUT2D eigenvalue weighted by atomic mass is 10.1. The molecule has 0 atom stereocenters. The van der Waals surface area contributed by atoms with Crippen LogP contribution in [0.1, 0.15) is 0 Å². The Morgan fingerprint density at radius 2 is 1.60 bits per heavy atom. The van der Waals surface area contributed by atoms with E-state index in [2.05, 4.69) is 0 Å². The zero-order valence-electron chi connectivity index (χ0n) is 13.7. The standard InChI is InChI=1S/C19H16ClNO4/c1-24-18-10-16(19(25-2)9-14(18)20)21(11-22)15-7-12-5-3-4-6-13(12)8-17(15)23/h3-11,23H,1-2H3. The van der Waals surface area contributed by atoms with Crippen LogP contribution < -0.4 is 14.4 Å². The van der Waals surface area contributed by atoms with E-state index in [1.54, 1.807) is 24.3 Å². The molecule has 128 valence electrons. The number of phenols is 1. The first kappa shape index (κ1) is 16.9. The fourth-order valence-electron chi connectivity index (χ4n) is 2.69. The third kappa shape index (κ3) is 3.06. The number of nitrogens with zero attached hydrogens (tertiary/aromatic N) is 1. The van der Waals surface area contributed by atoms with Gasteiger partial charge in [0, 0.05) is 12.1 Å². The first-order chi connectivity index (χ1) is 12.1. The molecule has 5 nitrogen and oxygen atoms in total. The average molecular weight is 358 g/mol. The van der Waals surface area contributed by atoms with Crippen molar-refractivity contribution in [3.05, 3.63) is 53.6 Å². The fourth-order valence-corrected chi connectivity index (χ4v) is 2.92. The molecule has 0 bridgehead atoms. The van der Waals surface area contributed by atoms with Crippen LogP contribution in [0.3, 0.4) is 0 Å². The van der Waals surface area contributed by atoms with Gasteiger partial charge in [0.05, 0.1) is 30.6 Å². The monoisotopic (exact) mass is 357 g/mol. The van der Waals surface area contributed by atoms with Crippen molar-refractivity contribution in [3.8, 4) is 17.2 Å². The summed E-state index contributed by atoms with van der Waals surface area (Å²) in [4.78, 5) is 13.1. The van der Waals surface area contributed by atoms with Gasteiger partial charge in [-0.25, -0.2) is 0 Å². The number of phenolic OH excluding ortho intramolecular Hbond substituents is 1. The van der Waals surface area contributed by atoms with Crippen molar-refractivity contribution in [3.63, 3.8) is 0 Å². The predicted octanol–water partition coefficient (Wildman–Crippen LogP) is 4.51. The van der Waals surface area contributed by atoms with Crippen molar-refractivity contribution in [1.82, 2.24) is 0 Å². The lowest BCUT2D eigenvalue weighted by Crippen LogP contribution is -2.15. The van der Waals surface area contributed by atoms with E-state index in [1.165, 1.54) is 19.1 Å². The second-order valence-corrected chi connectivity index (χ2v) is 5.73. The molecular formula is C19H16ClNO4. The van der Waals surface area contributed by atoms with Crippen LogP contribution in [-0.2, 0) is 4.79 Å². The number of hydrogen-bond acceptors (Lipinski definition) is 4. The zero-order chi connectivity index (χ0) is 18.0. The highest BCUT2D eigenvalue weighted by Gasteiger charge is 2.20. The molecule has 0 aliphatic rings. The third-order valence-corrected chi connectivity index (χ3v) is 4.22. The molecule has 0 aliphatic carbocycles. The molecule has 0 aliphatic heterocycles. The molecule has 1 N–H and O–H groups in total. The van der Waals surface area contributed by atoms with Crippen molar-refractivity contribution in [2.75, 3.05) is 19.1 Å². The molecule has 3 rings (SSSR count). The van der Waals surface area contributed by atoms with Gasteiger partial charge in [0.25, 0.3) is 0 Å². The Hall–Kier alpha value is -2.92. The first-order valence-electron chi connectivity index (χ1n) is 7.47. The molecule has 0 fully saturated rings. The van der Waals surface area contributed by atoms with Crippen molar-refractivity contribution in [2.24, 2.45) is 0 Å². The summed E-state index contributed by atoms with van der Waals surface area (Å²) < 4.78 is 10.6. The minimum atomic E-state index is -0.0261. The van der Waals surface area contributed by atoms with E-state index in [0.29, 0.717) is 34.3 Å². The van der Waals surface area contributed by atoms with Gasteiger partial charge in [0.2, 0.25) is 6.41 Å². The molecule has 0 radical (unpaired) electrons. The maximum absolute atomic E-state index is 11.8. The number of anilines is 2. The summed E-state index contributed by atoms with van der Waals surface area (Å²) in [7, 11) is 2.96. The highest BCUT2D eigenvalue weighted by Crippen LogP contribution is 2.43. The number of amides is 1. The largest absolute Gasteiger partial charge is 0.506 e. The topological polar surface area (TPSA) is 59.0 Å². The Morgan fingerprint density at radius 1 is 0.960 bits per heavy atom. The van der Waals surface area contributed by atoms with Gasteiger partial charge in [-0.3, -0.25) is 9.69 Å². The number of halogens is 1. The Labute approximate surface area is 150 Å². The van der Waals surface area contributed by atoms with E-state index in [1.807, 2.05) is 24.3 Å². The van der Waals surface area contributed by atoms with Crippen LogP contribution in [0.25, 0.3) is 10.8 Å². The summed E-state index contributed by atoms with van der Waals surface area (Å²) >= 11 is 6.12. The number of carbonyl (C=O) groups is 1. The molecule has 0 saturated carbocycles. The molecule has 6 heteroatoms. The van der Waals surface area contributed by atoms with Gasteiger partial charge in [-0.1, -0.05) is 35.9 Å². The Morgan fingerprint density at radius 3 is 2.20 bits per heavy atom. The minimum absolute atomic E-state index is 0.0261. The molecule has 25 heavy (non-hydrogen) atoms. The number of fused-ring (bicyclic) bond motifs is 1. The second-order valence-electron chi connectivity index (χ2n) is 5.32. The summed E-state index contributed by atoms with van der Waals surface area (Å²) in [6, 6.07) is 14.1. The van der Waals surface area contributed by atoms with Crippen molar-refractivity contribution in [1.29, 1.82) is 0 Å². The van der Waals surface area contributed by atoms with Gasteiger partial charge >= 0.3 is 0 Å². The molecule has 0 spiro atoms. The summed E-state index contributed by atoms with van der Waals surface area (Å²) in [5.74, 6) is 0.747. The van der Waals surface area contributed by atoms with E-state index in [-0.39, 0.29) is 5.75 Å². The van der Waals surface area contributed by atoms with Crippen LogP contribution in [0.5, 0.6) is 17.2 Å². The smallest absolute Gasteiger partial charge is 0.218 e. The van der Waals surface area contributed by atoms with Crippen molar-refractivity contribution >= 4 is 40.2 Å². The van der Waals surface area contributed by atoms with E-state index in [9.17, 15) is 9.90 Å². The molecule has 0 heterocycles. The maximum atomic E-state index is 11.8. The van der Waals surface area contributed by atoms with Crippen LogP contribution in [-0.4, -0.2) is 25.7 Å².